The molecule has 0 aromatic carbocycles. The largest absolute Gasteiger partial charge is 0.341 e. The Morgan fingerprint density at radius 1 is 1.22 bits per heavy atom. The number of thiophene rings is 1. The van der Waals surface area contributed by atoms with Gasteiger partial charge in [-0.2, -0.15) is 0 Å². The molecule has 1 aliphatic heterocycles. The summed E-state index contributed by atoms with van der Waals surface area (Å²) in [5, 5.41) is 11.3. The Labute approximate surface area is 140 Å². The van der Waals surface area contributed by atoms with E-state index in [0.717, 1.165) is 50.5 Å². The average molecular weight is 330 g/mol. The van der Waals surface area contributed by atoms with Crippen molar-refractivity contribution in [3.8, 4) is 0 Å². The Kier molecular flexibility index (Phi) is 3.71. The Bertz CT molecular complexity index is 700. The number of amides is 1. The van der Waals surface area contributed by atoms with E-state index in [0.29, 0.717) is 0 Å². The molecule has 0 N–H and O–H groups in total. The second kappa shape index (κ2) is 5.74. The molecule has 0 saturated heterocycles. The number of rotatable bonds is 2. The fourth-order valence-corrected chi connectivity index (χ4v) is 5.08. The van der Waals surface area contributed by atoms with Crippen molar-refractivity contribution in [3.63, 3.8) is 0 Å². The van der Waals surface area contributed by atoms with Crippen molar-refractivity contribution >= 4 is 17.2 Å². The first-order chi connectivity index (χ1) is 11.2. The van der Waals surface area contributed by atoms with Crippen molar-refractivity contribution in [2.24, 2.45) is 0 Å². The van der Waals surface area contributed by atoms with Gasteiger partial charge in [-0.1, -0.05) is 18.9 Å². The molecule has 0 bridgehead atoms. The molecule has 0 spiro atoms. The zero-order valence-corrected chi connectivity index (χ0v) is 14.3. The van der Waals surface area contributed by atoms with Crippen molar-refractivity contribution in [2.45, 2.75) is 51.0 Å². The summed E-state index contributed by atoms with van der Waals surface area (Å²) in [5.41, 5.74) is 0.0325. The zero-order chi connectivity index (χ0) is 15.9. The number of fused-ring (bicyclic) bond motifs is 1. The zero-order valence-electron chi connectivity index (χ0n) is 13.5. The Morgan fingerprint density at radius 3 is 2.74 bits per heavy atom. The fraction of sp³-hybridized carbons (Fsp3) is 0.588. The van der Waals surface area contributed by atoms with Gasteiger partial charge in [0.2, 0.25) is 5.91 Å². The van der Waals surface area contributed by atoms with Gasteiger partial charge in [-0.05, 0) is 24.3 Å². The molecule has 6 heteroatoms. The van der Waals surface area contributed by atoms with E-state index >= 15 is 0 Å². The Morgan fingerprint density at radius 2 is 2.04 bits per heavy atom. The number of hydrogen-bond acceptors (Lipinski definition) is 4. The fourth-order valence-electron chi connectivity index (χ4n) is 4.10. The van der Waals surface area contributed by atoms with Gasteiger partial charge in [0.15, 0.2) is 0 Å². The molecule has 122 valence electrons. The molecular weight excluding hydrogens is 308 g/mol. The second-order valence-corrected chi connectivity index (χ2v) is 7.56. The molecule has 0 unspecified atom stereocenters. The number of aromatic nitrogens is 3. The van der Waals surface area contributed by atoms with Gasteiger partial charge in [0.1, 0.15) is 11.6 Å². The van der Waals surface area contributed by atoms with E-state index in [1.165, 1.54) is 17.7 Å². The third kappa shape index (κ3) is 2.40. The molecular formula is C17H22N4OS. The first-order valence-corrected chi connectivity index (χ1v) is 9.31. The lowest BCUT2D eigenvalue weighted by Crippen LogP contribution is -2.32. The number of hydrogen-bond donors (Lipinski definition) is 0. The van der Waals surface area contributed by atoms with Gasteiger partial charge in [0.05, 0.1) is 5.41 Å². The molecule has 2 aliphatic rings. The average Bonchev–Trinajstić information content (AvgIpc) is 3.25. The minimum atomic E-state index is 0.0325. The quantitative estimate of drug-likeness (QED) is 0.850. The summed E-state index contributed by atoms with van der Waals surface area (Å²) in [5.74, 6) is 2.31. The van der Waals surface area contributed by atoms with Crippen molar-refractivity contribution in [1.29, 1.82) is 0 Å². The summed E-state index contributed by atoms with van der Waals surface area (Å²) in [6, 6.07) is 4.38. The SMILES string of the molecule is CC(=O)N1CCc2nnc(C3(c4cccs4)CCCC3)n2CC1. The molecule has 1 aliphatic carbocycles. The Balaban J connectivity index is 1.74. The minimum absolute atomic E-state index is 0.0325. The lowest BCUT2D eigenvalue weighted by Gasteiger charge is -2.28. The first kappa shape index (κ1) is 14.9. The summed E-state index contributed by atoms with van der Waals surface area (Å²) in [7, 11) is 0. The van der Waals surface area contributed by atoms with Crippen molar-refractivity contribution in [3.05, 3.63) is 34.0 Å². The first-order valence-electron chi connectivity index (χ1n) is 8.43. The van der Waals surface area contributed by atoms with Gasteiger partial charge in [-0.25, -0.2) is 0 Å². The van der Waals surface area contributed by atoms with Crippen LogP contribution in [-0.4, -0.2) is 38.7 Å². The molecule has 0 atom stereocenters. The van der Waals surface area contributed by atoms with Gasteiger partial charge in [-0.15, -0.1) is 21.5 Å². The van der Waals surface area contributed by atoms with Crippen LogP contribution in [0, 0.1) is 0 Å². The minimum Gasteiger partial charge on any atom is -0.341 e. The molecule has 5 nitrogen and oxygen atoms in total. The standard InChI is InChI=1S/C17H22N4OS/c1-13(22)20-9-6-15-18-19-16(21(15)11-10-20)17(7-2-3-8-17)14-5-4-12-23-14/h4-5,12H,2-3,6-11H2,1H3. The van der Waals surface area contributed by atoms with E-state index in [9.17, 15) is 4.79 Å². The highest BCUT2D eigenvalue weighted by Crippen LogP contribution is 2.47. The lowest BCUT2D eigenvalue weighted by molar-refractivity contribution is -0.128. The molecule has 1 amide bonds. The van der Waals surface area contributed by atoms with Crippen LogP contribution in [0.4, 0.5) is 0 Å². The summed E-state index contributed by atoms with van der Waals surface area (Å²) >= 11 is 1.83. The van der Waals surface area contributed by atoms with Gasteiger partial charge >= 0.3 is 0 Å². The van der Waals surface area contributed by atoms with Gasteiger partial charge in [-0.3, -0.25) is 4.79 Å². The molecule has 3 heterocycles. The predicted molar refractivity (Wildman–Crippen MR) is 89.5 cm³/mol. The highest BCUT2D eigenvalue weighted by Gasteiger charge is 2.43. The molecule has 1 fully saturated rings. The van der Waals surface area contributed by atoms with Crippen LogP contribution < -0.4 is 0 Å². The van der Waals surface area contributed by atoms with Crippen LogP contribution >= 0.6 is 11.3 Å². The number of carbonyl (C=O) groups is 1. The molecule has 2 aromatic heterocycles. The van der Waals surface area contributed by atoms with Gasteiger partial charge in [0.25, 0.3) is 0 Å². The highest BCUT2D eigenvalue weighted by molar-refractivity contribution is 7.10. The summed E-state index contributed by atoms with van der Waals surface area (Å²) in [6.07, 6.45) is 5.61. The monoisotopic (exact) mass is 330 g/mol. The Hall–Kier alpha value is -1.69. The van der Waals surface area contributed by atoms with Crippen molar-refractivity contribution in [1.82, 2.24) is 19.7 Å². The summed E-state index contributed by atoms with van der Waals surface area (Å²) < 4.78 is 2.30. The predicted octanol–water partition coefficient (Wildman–Crippen LogP) is 2.60. The van der Waals surface area contributed by atoms with Crippen LogP contribution in [0.3, 0.4) is 0 Å². The van der Waals surface area contributed by atoms with E-state index < -0.39 is 0 Å². The van der Waals surface area contributed by atoms with E-state index in [1.807, 2.05) is 16.2 Å². The highest BCUT2D eigenvalue weighted by atomic mass is 32.1. The van der Waals surface area contributed by atoms with Crippen molar-refractivity contribution < 1.29 is 4.79 Å². The van der Waals surface area contributed by atoms with Gasteiger partial charge < -0.3 is 9.47 Å². The van der Waals surface area contributed by atoms with Gasteiger partial charge in [0, 0.05) is 37.9 Å². The molecule has 0 radical (unpaired) electrons. The summed E-state index contributed by atoms with van der Waals surface area (Å²) in [4.78, 5) is 15.0. The van der Waals surface area contributed by atoms with Crippen LogP contribution in [0.5, 0.6) is 0 Å². The maximum absolute atomic E-state index is 11.7. The summed E-state index contributed by atoms with van der Waals surface area (Å²) in [6.45, 7) is 3.97. The number of nitrogens with zero attached hydrogens (tertiary/aromatic N) is 4. The van der Waals surface area contributed by atoms with E-state index in [1.54, 1.807) is 6.92 Å². The molecule has 23 heavy (non-hydrogen) atoms. The third-order valence-electron chi connectivity index (χ3n) is 5.35. The number of carbonyl (C=O) groups excluding carboxylic acids is 1. The molecule has 1 saturated carbocycles. The molecule has 4 rings (SSSR count). The normalized spacial score (nSPS) is 20.3. The maximum atomic E-state index is 11.7. The van der Waals surface area contributed by atoms with Crippen LogP contribution in [-0.2, 0) is 23.2 Å². The smallest absolute Gasteiger partial charge is 0.219 e. The van der Waals surface area contributed by atoms with Crippen LogP contribution in [0.25, 0.3) is 0 Å². The van der Waals surface area contributed by atoms with Crippen molar-refractivity contribution in [2.75, 3.05) is 13.1 Å². The van der Waals surface area contributed by atoms with Crippen LogP contribution in [0.1, 0.15) is 49.1 Å². The maximum Gasteiger partial charge on any atom is 0.219 e. The lowest BCUT2D eigenvalue weighted by atomic mass is 9.83. The van der Waals surface area contributed by atoms with E-state index in [2.05, 4.69) is 32.3 Å². The van der Waals surface area contributed by atoms with Crippen LogP contribution in [0.2, 0.25) is 0 Å². The van der Waals surface area contributed by atoms with E-state index in [-0.39, 0.29) is 11.3 Å². The third-order valence-corrected chi connectivity index (χ3v) is 6.42. The topological polar surface area (TPSA) is 51.0 Å². The second-order valence-electron chi connectivity index (χ2n) is 6.61. The van der Waals surface area contributed by atoms with E-state index in [4.69, 9.17) is 0 Å². The van der Waals surface area contributed by atoms with Crippen LogP contribution in [0.15, 0.2) is 17.5 Å². The molecule has 2 aromatic rings.